The zero-order valence-corrected chi connectivity index (χ0v) is 9.23. The SMILES string of the molecule is C=CCN1CCO[C@H](c2cccc(F)c2)C1. The summed E-state index contributed by atoms with van der Waals surface area (Å²) in [6, 6.07) is 6.63. The molecule has 1 aliphatic rings. The van der Waals surface area contributed by atoms with Crippen molar-refractivity contribution < 1.29 is 9.13 Å². The molecule has 1 atom stereocenters. The molecule has 1 aromatic carbocycles. The zero-order chi connectivity index (χ0) is 11.4. The van der Waals surface area contributed by atoms with Crippen LogP contribution in [0.15, 0.2) is 36.9 Å². The Morgan fingerprint density at radius 2 is 2.44 bits per heavy atom. The van der Waals surface area contributed by atoms with Gasteiger partial charge in [0.05, 0.1) is 12.7 Å². The second-order valence-electron chi connectivity index (χ2n) is 3.96. The lowest BCUT2D eigenvalue weighted by atomic mass is 10.1. The summed E-state index contributed by atoms with van der Waals surface area (Å²) in [5.74, 6) is -0.207. The van der Waals surface area contributed by atoms with Crippen molar-refractivity contribution in [1.29, 1.82) is 0 Å². The Bertz CT molecular complexity index is 367. The fourth-order valence-electron chi connectivity index (χ4n) is 1.96. The summed E-state index contributed by atoms with van der Waals surface area (Å²) in [6.45, 7) is 6.99. The first-order valence-corrected chi connectivity index (χ1v) is 5.50. The maximum absolute atomic E-state index is 13.1. The second kappa shape index (κ2) is 5.23. The van der Waals surface area contributed by atoms with E-state index in [0.29, 0.717) is 6.61 Å². The van der Waals surface area contributed by atoms with Crippen molar-refractivity contribution in [2.75, 3.05) is 26.2 Å². The van der Waals surface area contributed by atoms with Crippen LogP contribution in [0.4, 0.5) is 4.39 Å². The maximum Gasteiger partial charge on any atom is 0.123 e. The number of ether oxygens (including phenoxy) is 1. The van der Waals surface area contributed by atoms with Gasteiger partial charge in [0.15, 0.2) is 0 Å². The molecule has 1 fully saturated rings. The molecule has 0 spiro atoms. The van der Waals surface area contributed by atoms with Gasteiger partial charge in [0.1, 0.15) is 5.82 Å². The van der Waals surface area contributed by atoms with Gasteiger partial charge in [-0.15, -0.1) is 6.58 Å². The Hall–Kier alpha value is -1.19. The van der Waals surface area contributed by atoms with Crippen LogP contribution in [0.3, 0.4) is 0 Å². The lowest BCUT2D eigenvalue weighted by molar-refractivity contribution is -0.0261. The van der Waals surface area contributed by atoms with Gasteiger partial charge in [0.2, 0.25) is 0 Å². The Morgan fingerprint density at radius 1 is 1.56 bits per heavy atom. The van der Waals surface area contributed by atoms with Crippen LogP contribution in [0.2, 0.25) is 0 Å². The molecule has 16 heavy (non-hydrogen) atoms. The fraction of sp³-hybridized carbons (Fsp3) is 0.385. The van der Waals surface area contributed by atoms with Gasteiger partial charge in [-0.1, -0.05) is 18.2 Å². The molecule has 3 heteroatoms. The highest BCUT2D eigenvalue weighted by Crippen LogP contribution is 2.22. The Balaban J connectivity index is 2.06. The summed E-state index contributed by atoms with van der Waals surface area (Å²) >= 11 is 0. The predicted octanol–water partition coefficient (Wildman–Crippen LogP) is 2.39. The maximum atomic E-state index is 13.1. The number of benzene rings is 1. The summed E-state index contributed by atoms with van der Waals surface area (Å²) in [5, 5.41) is 0. The largest absolute Gasteiger partial charge is 0.371 e. The summed E-state index contributed by atoms with van der Waals surface area (Å²) in [4.78, 5) is 2.26. The molecule has 2 nitrogen and oxygen atoms in total. The van der Waals surface area contributed by atoms with Crippen molar-refractivity contribution in [2.45, 2.75) is 6.10 Å². The van der Waals surface area contributed by atoms with E-state index in [9.17, 15) is 4.39 Å². The van der Waals surface area contributed by atoms with Gasteiger partial charge < -0.3 is 4.74 Å². The monoisotopic (exact) mass is 221 g/mol. The first-order valence-electron chi connectivity index (χ1n) is 5.50. The van der Waals surface area contributed by atoms with Crippen molar-refractivity contribution in [3.8, 4) is 0 Å². The van der Waals surface area contributed by atoms with Gasteiger partial charge in [0.25, 0.3) is 0 Å². The summed E-state index contributed by atoms with van der Waals surface area (Å²) in [6.07, 6.45) is 1.86. The van der Waals surface area contributed by atoms with Crippen molar-refractivity contribution in [1.82, 2.24) is 4.90 Å². The second-order valence-corrected chi connectivity index (χ2v) is 3.96. The van der Waals surface area contributed by atoms with Gasteiger partial charge in [0, 0.05) is 19.6 Å². The number of hydrogen-bond donors (Lipinski definition) is 0. The van der Waals surface area contributed by atoms with E-state index in [-0.39, 0.29) is 11.9 Å². The molecule has 0 amide bonds. The minimum absolute atomic E-state index is 0.0237. The van der Waals surface area contributed by atoms with Crippen LogP contribution in [0.25, 0.3) is 0 Å². The third-order valence-corrected chi connectivity index (χ3v) is 2.76. The van der Waals surface area contributed by atoms with E-state index in [4.69, 9.17) is 4.74 Å². The fourth-order valence-corrected chi connectivity index (χ4v) is 1.96. The highest BCUT2D eigenvalue weighted by molar-refractivity contribution is 5.19. The highest BCUT2D eigenvalue weighted by Gasteiger charge is 2.21. The normalized spacial score (nSPS) is 21.9. The minimum atomic E-state index is -0.207. The van der Waals surface area contributed by atoms with Crippen LogP contribution in [-0.2, 0) is 4.74 Å². The van der Waals surface area contributed by atoms with Gasteiger partial charge >= 0.3 is 0 Å². The number of nitrogens with zero attached hydrogens (tertiary/aromatic N) is 1. The smallest absolute Gasteiger partial charge is 0.123 e. The van der Waals surface area contributed by atoms with E-state index in [1.165, 1.54) is 6.07 Å². The Labute approximate surface area is 95.3 Å². The molecule has 0 saturated carbocycles. The lowest BCUT2D eigenvalue weighted by Gasteiger charge is -2.32. The zero-order valence-electron chi connectivity index (χ0n) is 9.23. The molecule has 0 N–H and O–H groups in total. The topological polar surface area (TPSA) is 12.5 Å². The Kier molecular flexibility index (Phi) is 3.70. The molecule has 0 aromatic heterocycles. The van der Waals surface area contributed by atoms with Crippen LogP contribution in [0.5, 0.6) is 0 Å². The third-order valence-electron chi connectivity index (χ3n) is 2.76. The summed E-state index contributed by atoms with van der Waals surface area (Å²) in [5.41, 5.74) is 0.911. The van der Waals surface area contributed by atoms with Gasteiger partial charge in [-0.3, -0.25) is 4.90 Å². The molecule has 0 bridgehead atoms. The number of rotatable bonds is 3. The molecule has 2 rings (SSSR count). The lowest BCUT2D eigenvalue weighted by Crippen LogP contribution is -2.38. The van der Waals surface area contributed by atoms with Crippen LogP contribution >= 0.6 is 0 Å². The van der Waals surface area contributed by atoms with Gasteiger partial charge in [-0.2, -0.15) is 0 Å². The van der Waals surface area contributed by atoms with E-state index < -0.39 is 0 Å². The molecule has 86 valence electrons. The molecular weight excluding hydrogens is 205 g/mol. The van der Waals surface area contributed by atoms with Crippen LogP contribution in [0, 0.1) is 5.82 Å². The molecule has 0 unspecified atom stereocenters. The molecule has 0 aliphatic carbocycles. The predicted molar refractivity (Wildman–Crippen MR) is 61.7 cm³/mol. The summed E-state index contributed by atoms with van der Waals surface area (Å²) in [7, 11) is 0. The molecule has 1 aromatic rings. The average Bonchev–Trinajstić information content (AvgIpc) is 2.30. The van der Waals surface area contributed by atoms with Crippen LogP contribution < -0.4 is 0 Å². The number of hydrogen-bond acceptors (Lipinski definition) is 2. The summed E-state index contributed by atoms with van der Waals surface area (Å²) < 4.78 is 18.7. The van der Waals surface area contributed by atoms with E-state index >= 15 is 0 Å². The molecule has 1 aliphatic heterocycles. The first kappa shape index (κ1) is 11.3. The van der Waals surface area contributed by atoms with Gasteiger partial charge in [-0.05, 0) is 17.7 Å². The van der Waals surface area contributed by atoms with E-state index in [1.54, 1.807) is 12.1 Å². The van der Waals surface area contributed by atoms with E-state index in [0.717, 1.165) is 25.2 Å². The van der Waals surface area contributed by atoms with E-state index in [2.05, 4.69) is 11.5 Å². The first-order chi connectivity index (χ1) is 7.79. The van der Waals surface area contributed by atoms with Gasteiger partial charge in [-0.25, -0.2) is 4.39 Å². The minimum Gasteiger partial charge on any atom is -0.371 e. The molecular formula is C13H16FNO. The highest BCUT2D eigenvalue weighted by atomic mass is 19.1. The molecule has 1 heterocycles. The van der Waals surface area contributed by atoms with Crippen molar-refractivity contribution in [3.05, 3.63) is 48.3 Å². The average molecular weight is 221 g/mol. The number of morpholine rings is 1. The Morgan fingerprint density at radius 3 is 3.19 bits per heavy atom. The molecule has 1 saturated heterocycles. The third kappa shape index (κ3) is 2.68. The van der Waals surface area contributed by atoms with Crippen LogP contribution in [0.1, 0.15) is 11.7 Å². The van der Waals surface area contributed by atoms with Crippen molar-refractivity contribution in [2.24, 2.45) is 0 Å². The standard InChI is InChI=1S/C13H16FNO/c1-2-6-15-7-8-16-13(10-15)11-4-3-5-12(14)9-11/h2-5,9,13H,1,6-8,10H2/t13-/m0/s1. The number of halogens is 1. The van der Waals surface area contributed by atoms with Crippen molar-refractivity contribution >= 4 is 0 Å². The quantitative estimate of drug-likeness (QED) is 0.727. The van der Waals surface area contributed by atoms with E-state index in [1.807, 2.05) is 12.1 Å². The molecule has 0 radical (unpaired) electrons. The van der Waals surface area contributed by atoms with Crippen molar-refractivity contribution in [3.63, 3.8) is 0 Å². The van der Waals surface area contributed by atoms with Crippen LogP contribution in [-0.4, -0.2) is 31.1 Å².